The molecule has 2 N–H and O–H groups in total. The summed E-state index contributed by atoms with van der Waals surface area (Å²) in [5, 5.41) is 25.7. The van der Waals surface area contributed by atoms with Crippen LogP contribution in [0.2, 0.25) is 0 Å². The molecule has 0 saturated heterocycles. The molecule has 0 aliphatic carbocycles. The highest BCUT2D eigenvalue weighted by Crippen LogP contribution is 2.27. The van der Waals surface area contributed by atoms with Gasteiger partial charge >= 0.3 is 17.6 Å². The summed E-state index contributed by atoms with van der Waals surface area (Å²) < 4.78 is 12.7. The number of aryl methyl sites for hydroxylation is 1. The number of carbonyl (C=O) groups is 2. The van der Waals surface area contributed by atoms with Crippen LogP contribution in [0.1, 0.15) is 5.56 Å². The van der Waals surface area contributed by atoms with Gasteiger partial charge in [0.1, 0.15) is 6.61 Å². The number of imidazole rings is 1. The Morgan fingerprint density at radius 1 is 1.22 bits per heavy atom. The highest BCUT2D eigenvalue weighted by atomic mass is 16.6. The van der Waals surface area contributed by atoms with Gasteiger partial charge in [-0.25, -0.2) is 14.6 Å². The summed E-state index contributed by atoms with van der Waals surface area (Å²) in [5.74, 6) is -3.38. The molecule has 1 aromatic carbocycles. The molecule has 27 heavy (non-hydrogen) atoms. The second-order valence-electron chi connectivity index (χ2n) is 5.10. The third kappa shape index (κ3) is 8.45. The van der Waals surface area contributed by atoms with Gasteiger partial charge in [-0.15, -0.1) is 0 Å². The van der Waals surface area contributed by atoms with Gasteiger partial charge in [0.05, 0.1) is 24.5 Å². The zero-order valence-electron chi connectivity index (χ0n) is 14.5. The quantitative estimate of drug-likeness (QED) is 0.298. The summed E-state index contributed by atoms with van der Waals surface area (Å²) in [6.45, 7) is 3.70. The first kappa shape index (κ1) is 21.6. The van der Waals surface area contributed by atoms with E-state index < -0.39 is 16.9 Å². The maximum Gasteiger partial charge on any atom is 0.414 e. The summed E-state index contributed by atoms with van der Waals surface area (Å²) in [5.41, 5.74) is 0.805. The standard InChI is InChI=1S/C14H17N3O4.C2H2O4/c1-12-2-3-14(13(10-12)17(18)19)21-9-8-20-7-6-16-5-4-15-11-16;3-1(4)2(5)6/h2-5,10-11H,6-9H2,1H3;(H,3,4)(H,5,6). The first-order valence-corrected chi connectivity index (χ1v) is 7.68. The van der Waals surface area contributed by atoms with Crippen molar-refractivity contribution in [3.63, 3.8) is 0 Å². The number of ether oxygens (including phenoxy) is 2. The minimum Gasteiger partial charge on any atom is -0.484 e. The predicted molar refractivity (Wildman–Crippen MR) is 91.6 cm³/mol. The fraction of sp³-hybridized carbons (Fsp3) is 0.312. The molecule has 0 radical (unpaired) electrons. The molecule has 1 aromatic heterocycles. The van der Waals surface area contributed by atoms with Crippen LogP contribution in [0.4, 0.5) is 5.69 Å². The van der Waals surface area contributed by atoms with Crippen molar-refractivity contribution in [3.05, 3.63) is 52.6 Å². The monoisotopic (exact) mass is 381 g/mol. The normalized spacial score (nSPS) is 9.81. The molecule has 0 aliphatic heterocycles. The van der Waals surface area contributed by atoms with E-state index in [-0.39, 0.29) is 18.0 Å². The van der Waals surface area contributed by atoms with Crippen LogP contribution >= 0.6 is 0 Å². The summed E-state index contributed by atoms with van der Waals surface area (Å²) >= 11 is 0. The van der Waals surface area contributed by atoms with Crippen LogP contribution in [0.25, 0.3) is 0 Å². The Kier molecular flexibility index (Phi) is 8.95. The van der Waals surface area contributed by atoms with Crippen LogP contribution < -0.4 is 4.74 Å². The van der Waals surface area contributed by atoms with Crippen LogP contribution in [-0.2, 0) is 20.9 Å². The molecule has 11 heteroatoms. The van der Waals surface area contributed by atoms with Gasteiger partial charge in [-0.2, -0.15) is 0 Å². The molecule has 0 aliphatic rings. The Hall–Kier alpha value is -3.47. The van der Waals surface area contributed by atoms with Gasteiger partial charge in [-0.1, -0.05) is 6.07 Å². The lowest BCUT2D eigenvalue weighted by Crippen LogP contribution is -2.11. The zero-order chi connectivity index (χ0) is 20.2. The Labute approximate surface area is 153 Å². The van der Waals surface area contributed by atoms with Gasteiger partial charge in [-0.3, -0.25) is 10.1 Å². The molecule has 11 nitrogen and oxygen atoms in total. The molecule has 0 unspecified atom stereocenters. The highest BCUT2D eigenvalue weighted by Gasteiger charge is 2.14. The van der Waals surface area contributed by atoms with Crippen molar-refractivity contribution in [2.45, 2.75) is 13.5 Å². The third-order valence-corrected chi connectivity index (χ3v) is 3.03. The van der Waals surface area contributed by atoms with Crippen molar-refractivity contribution in [2.75, 3.05) is 19.8 Å². The smallest absolute Gasteiger partial charge is 0.414 e. The molecule has 146 valence electrons. The number of nitro benzene ring substituents is 1. The number of nitrogens with zero attached hydrogens (tertiary/aromatic N) is 3. The van der Waals surface area contributed by atoms with E-state index in [1.165, 1.54) is 6.07 Å². The topological polar surface area (TPSA) is 154 Å². The lowest BCUT2D eigenvalue weighted by atomic mass is 10.2. The van der Waals surface area contributed by atoms with Crippen molar-refractivity contribution in [1.82, 2.24) is 9.55 Å². The Morgan fingerprint density at radius 2 is 1.93 bits per heavy atom. The number of aliphatic carboxylic acids is 2. The third-order valence-electron chi connectivity index (χ3n) is 3.03. The minimum atomic E-state index is -1.82. The van der Waals surface area contributed by atoms with Crippen LogP contribution in [0.15, 0.2) is 36.9 Å². The molecule has 0 spiro atoms. The van der Waals surface area contributed by atoms with E-state index in [1.54, 1.807) is 31.6 Å². The molecule has 2 rings (SSSR count). The number of carboxylic acids is 2. The molecular formula is C16H19N3O8. The number of rotatable bonds is 8. The van der Waals surface area contributed by atoms with E-state index in [9.17, 15) is 10.1 Å². The molecule has 0 fully saturated rings. The lowest BCUT2D eigenvalue weighted by molar-refractivity contribution is -0.385. The van der Waals surface area contributed by atoms with Crippen molar-refractivity contribution in [2.24, 2.45) is 0 Å². The van der Waals surface area contributed by atoms with E-state index in [0.29, 0.717) is 19.8 Å². The van der Waals surface area contributed by atoms with Gasteiger partial charge in [0.15, 0.2) is 5.75 Å². The molecular weight excluding hydrogens is 362 g/mol. The number of nitro groups is 1. The zero-order valence-corrected chi connectivity index (χ0v) is 14.5. The number of carboxylic acid groups (broad SMARTS) is 2. The van der Waals surface area contributed by atoms with Gasteiger partial charge in [0.2, 0.25) is 0 Å². The van der Waals surface area contributed by atoms with Crippen molar-refractivity contribution >= 4 is 17.6 Å². The number of hydrogen-bond acceptors (Lipinski definition) is 7. The summed E-state index contributed by atoms with van der Waals surface area (Å²) in [6, 6.07) is 4.89. The van der Waals surface area contributed by atoms with Crippen LogP contribution in [0.5, 0.6) is 5.75 Å². The van der Waals surface area contributed by atoms with E-state index in [0.717, 1.165) is 5.56 Å². The van der Waals surface area contributed by atoms with E-state index >= 15 is 0 Å². The average Bonchev–Trinajstić information content (AvgIpc) is 3.12. The first-order chi connectivity index (χ1) is 12.8. The van der Waals surface area contributed by atoms with Crippen LogP contribution in [0, 0.1) is 17.0 Å². The fourth-order valence-electron chi connectivity index (χ4n) is 1.79. The lowest BCUT2D eigenvalue weighted by Gasteiger charge is -2.08. The van der Waals surface area contributed by atoms with Crippen molar-refractivity contribution in [3.8, 4) is 5.75 Å². The molecule has 0 bridgehead atoms. The van der Waals surface area contributed by atoms with Gasteiger partial charge in [-0.05, 0) is 18.6 Å². The molecule has 0 saturated carbocycles. The average molecular weight is 381 g/mol. The van der Waals surface area contributed by atoms with Gasteiger partial charge in [0.25, 0.3) is 0 Å². The van der Waals surface area contributed by atoms with E-state index in [2.05, 4.69) is 4.98 Å². The molecule has 2 aromatic rings. The number of aromatic nitrogens is 2. The van der Waals surface area contributed by atoms with E-state index in [1.807, 2.05) is 10.8 Å². The molecule has 0 atom stereocenters. The summed E-state index contributed by atoms with van der Waals surface area (Å²) in [7, 11) is 0. The minimum absolute atomic E-state index is 0.0200. The molecule has 0 amide bonds. The SMILES string of the molecule is Cc1ccc(OCCOCCn2ccnc2)c([N+](=O)[O-])c1.O=C(O)C(=O)O. The maximum absolute atomic E-state index is 10.9. The van der Waals surface area contributed by atoms with Crippen LogP contribution in [0.3, 0.4) is 0 Å². The first-order valence-electron chi connectivity index (χ1n) is 7.68. The number of benzene rings is 1. The van der Waals surface area contributed by atoms with Crippen LogP contribution in [-0.4, -0.2) is 56.4 Å². The fourth-order valence-corrected chi connectivity index (χ4v) is 1.79. The summed E-state index contributed by atoms with van der Waals surface area (Å²) in [6.07, 6.45) is 5.28. The molecule has 1 heterocycles. The maximum atomic E-state index is 10.9. The van der Waals surface area contributed by atoms with Crippen molar-refractivity contribution < 1.29 is 34.2 Å². The van der Waals surface area contributed by atoms with Gasteiger partial charge < -0.3 is 24.3 Å². The second kappa shape index (κ2) is 11.2. The second-order valence-corrected chi connectivity index (χ2v) is 5.10. The van der Waals surface area contributed by atoms with E-state index in [4.69, 9.17) is 29.3 Å². The largest absolute Gasteiger partial charge is 0.484 e. The predicted octanol–water partition coefficient (Wildman–Crippen LogP) is 1.35. The Bertz CT molecular complexity index is 749. The summed E-state index contributed by atoms with van der Waals surface area (Å²) in [4.78, 5) is 32.6. The van der Waals surface area contributed by atoms with Gasteiger partial charge in [0, 0.05) is 25.0 Å². The Balaban J connectivity index is 0.000000527. The highest BCUT2D eigenvalue weighted by molar-refractivity contribution is 6.27. The Morgan fingerprint density at radius 3 is 2.48 bits per heavy atom. The van der Waals surface area contributed by atoms with Crippen molar-refractivity contribution in [1.29, 1.82) is 0 Å². The number of hydrogen-bond donors (Lipinski definition) is 2.